The second-order valence-electron chi connectivity index (χ2n) is 5.66. The van der Waals surface area contributed by atoms with Crippen molar-refractivity contribution in [3.05, 3.63) is 22.7 Å². The third kappa shape index (κ3) is 5.73. The quantitative estimate of drug-likeness (QED) is 0.799. The molecule has 5 heteroatoms. The molecule has 0 saturated heterocycles. The molecule has 0 aliphatic rings. The standard InChI is InChI=1S/C16H26ClNO3/c1-6-18(11-16(3,4)19)10-12-8-13(17)15(21-7-2)14(9-12)20-5/h8-9,19H,6-7,10-11H2,1-5H3. The summed E-state index contributed by atoms with van der Waals surface area (Å²) in [6.45, 7) is 10.3. The molecule has 1 N–H and O–H groups in total. The topological polar surface area (TPSA) is 41.9 Å². The first kappa shape index (κ1) is 18.1. The third-order valence-corrected chi connectivity index (χ3v) is 3.32. The molecule has 0 aliphatic heterocycles. The van der Waals surface area contributed by atoms with Crippen LogP contribution in [0.5, 0.6) is 11.5 Å². The molecule has 120 valence electrons. The van der Waals surface area contributed by atoms with Crippen LogP contribution in [0.15, 0.2) is 12.1 Å². The van der Waals surface area contributed by atoms with Crippen molar-refractivity contribution in [2.45, 2.75) is 39.8 Å². The zero-order chi connectivity index (χ0) is 16.0. The monoisotopic (exact) mass is 315 g/mol. The molecule has 1 aromatic rings. The molecule has 1 rings (SSSR count). The van der Waals surface area contributed by atoms with Crippen molar-refractivity contribution >= 4 is 11.6 Å². The van der Waals surface area contributed by atoms with Crippen LogP contribution in [-0.4, -0.2) is 42.4 Å². The van der Waals surface area contributed by atoms with E-state index in [9.17, 15) is 5.11 Å². The average Bonchev–Trinajstić information content (AvgIpc) is 2.39. The van der Waals surface area contributed by atoms with Gasteiger partial charge in [-0.2, -0.15) is 0 Å². The predicted octanol–water partition coefficient (Wildman–Crippen LogP) is 3.34. The molecule has 0 spiro atoms. The van der Waals surface area contributed by atoms with Gasteiger partial charge in [-0.15, -0.1) is 0 Å². The Labute approximate surface area is 132 Å². The minimum absolute atomic E-state index is 0.537. The van der Waals surface area contributed by atoms with Crippen LogP contribution < -0.4 is 9.47 Å². The van der Waals surface area contributed by atoms with E-state index in [0.29, 0.717) is 36.2 Å². The van der Waals surface area contributed by atoms with Crippen molar-refractivity contribution < 1.29 is 14.6 Å². The highest BCUT2D eigenvalue weighted by molar-refractivity contribution is 6.32. The summed E-state index contributed by atoms with van der Waals surface area (Å²) in [6.07, 6.45) is 0. The van der Waals surface area contributed by atoms with Gasteiger partial charge < -0.3 is 14.6 Å². The van der Waals surface area contributed by atoms with Crippen molar-refractivity contribution in [3.8, 4) is 11.5 Å². The number of benzene rings is 1. The summed E-state index contributed by atoms with van der Waals surface area (Å²) in [7, 11) is 1.60. The normalized spacial score (nSPS) is 11.8. The van der Waals surface area contributed by atoms with Crippen molar-refractivity contribution in [1.82, 2.24) is 4.90 Å². The highest BCUT2D eigenvalue weighted by Crippen LogP contribution is 2.36. The molecule has 0 atom stereocenters. The average molecular weight is 316 g/mol. The number of methoxy groups -OCH3 is 1. The maximum atomic E-state index is 9.95. The number of hydrogen-bond acceptors (Lipinski definition) is 4. The van der Waals surface area contributed by atoms with Gasteiger partial charge in [0, 0.05) is 13.1 Å². The van der Waals surface area contributed by atoms with Crippen LogP contribution in [0.1, 0.15) is 33.3 Å². The van der Waals surface area contributed by atoms with Crippen molar-refractivity contribution in [3.63, 3.8) is 0 Å². The Morgan fingerprint density at radius 2 is 1.95 bits per heavy atom. The summed E-state index contributed by atoms with van der Waals surface area (Å²) < 4.78 is 10.9. The number of likely N-dealkylation sites (N-methyl/N-ethyl adjacent to an activating group) is 1. The number of halogens is 1. The molecule has 4 nitrogen and oxygen atoms in total. The van der Waals surface area contributed by atoms with Gasteiger partial charge in [0.2, 0.25) is 0 Å². The molecule has 0 unspecified atom stereocenters. The summed E-state index contributed by atoms with van der Waals surface area (Å²) in [5.74, 6) is 1.22. The lowest BCUT2D eigenvalue weighted by Crippen LogP contribution is -2.38. The van der Waals surface area contributed by atoms with E-state index in [1.807, 2.05) is 19.1 Å². The van der Waals surface area contributed by atoms with Gasteiger partial charge in [0.25, 0.3) is 0 Å². The lowest BCUT2D eigenvalue weighted by Gasteiger charge is -2.28. The maximum absolute atomic E-state index is 9.95. The molecule has 0 heterocycles. The van der Waals surface area contributed by atoms with Gasteiger partial charge in [-0.1, -0.05) is 18.5 Å². The fourth-order valence-electron chi connectivity index (χ4n) is 2.23. The number of nitrogens with zero attached hydrogens (tertiary/aromatic N) is 1. The molecular weight excluding hydrogens is 290 g/mol. The fraction of sp³-hybridized carbons (Fsp3) is 0.625. The van der Waals surface area contributed by atoms with Gasteiger partial charge in [0.15, 0.2) is 11.5 Å². The van der Waals surface area contributed by atoms with Crippen LogP contribution in [0.4, 0.5) is 0 Å². The van der Waals surface area contributed by atoms with Gasteiger partial charge in [-0.3, -0.25) is 4.90 Å². The molecular formula is C16H26ClNO3. The third-order valence-electron chi connectivity index (χ3n) is 3.04. The van der Waals surface area contributed by atoms with Gasteiger partial charge in [-0.05, 0) is 45.0 Å². The molecule has 0 saturated carbocycles. The Hall–Kier alpha value is -0.970. The Kier molecular flexibility index (Phi) is 6.78. The molecule has 21 heavy (non-hydrogen) atoms. The Morgan fingerprint density at radius 1 is 1.29 bits per heavy atom. The van der Waals surface area contributed by atoms with Crippen LogP contribution in [0.2, 0.25) is 5.02 Å². The summed E-state index contributed by atoms with van der Waals surface area (Å²) in [5.41, 5.74) is 0.307. The van der Waals surface area contributed by atoms with Crippen LogP contribution in [0.25, 0.3) is 0 Å². The molecule has 0 aliphatic carbocycles. The maximum Gasteiger partial charge on any atom is 0.179 e. The minimum atomic E-state index is -0.727. The van der Waals surface area contributed by atoms with E-state index in [2.05, 4.69) is 11.8 Å². The van der Waals surface area contributed by atoms with Crippen molar-refractivity contribution in [2.75, 3.05) is 26.8 Å². The molecule has 1 aromatic carbocycles. The smallest absolute Gasteiger partial charge is 0.179 e. The summed E-state index contributed by atoms with van der Waals surface area (Å²) >= 11 is 6.28. The largest absolute Gasteiger partial charge is 0.493 e. The van der Waals surface area contributed by atoms with E-state index in [1.165, 1.54) is 0 Å². The second kappa shape index (κ2) is 7.87. The Balaban J connectivity index is 2.95. The highest BCUT2D eigenvalue weighted by atomic mass is 35.5. The van der Waals surface area contributed by atoms with Crippen LogP contribution in [0, 0.1) is 0 Å². The van der Waals surface area contributed by atoms with Gasteiger partial charge in [-0.25, -0.2) is 0 Å². The van der Waals surface area contributed by atoms with Crippen LogP contribution in [0.3, 0.4) is 0 Å². The van der Waals surface area contributed by atoms with E-state index in [4.69, 9.17) is 21.1 Å². The fourth-order valence-corrected chi connectivity index (χ4v) is 2.52. The molecule has 0 aromatic heterocycles. The van der Waals surface area contributed by atoms with Crippen molar-refractivity contribution in [1.29, 1.82) is 0 Å². The van der Waals surface area contributed by atoms with E-state index in [0.717, 1.165) is 12.1 Å². The van der Waals surface area contributed by atoms with E-state index in [-0.39, 0.29) is 0 Å². The summed E-state index contributed by atoms with van der Waals surface area (Å²) in [6, 6.07) is 3.83. The highest BCUT2D eigenvalue weighted by Gasteiger charge is 2.19. The number of rotatable bonds is 8. The second-order valence-corrected chi connectivity index (χ2v) is 6.06. The molecule has 0 bridgehead atoms. The lowest BCUT2D eigenvalue weighted by molar-refractivity contribution is 0.0353. The SMILES string of the molecule is CCOc1c(Cl)cc(CN(CC)CC(C)(C)O)cc1OC. The van der Waals surface area contributed by atoms with Crippen LogP contribution >= 0.6 is 11.6 Å². The first-order chi connectivity index (χ1) is 9.80. The Morgan fingerprint density at radius 3 is 2.43 bits per heavy atom. The first-order valence-electron chi connectivity index (χ1n) is 7.24. The molecule has 0 amide bonds. The minimum Gasteiger partial charge on any atom is -0.493 e. The zero-order valence-corrected chi connectivity index (χ0v) is 14.3. The van der Waals surface area contributed by atoms with E-state index in [1.54, 1.807) is 21.0 Å². The van der Waals surface area contributed by atoms with Gasteiger partial charge >= 0.3 is 0 Å². The molecule has 0 radical (unpaired) electrons. The predicted molar refractivity (Wildman–Crippen MR) is 86.4 cm³/mol. The zero-order valence-electron chi connectivity index (χ0n) is 13.6. The first-order valence-corrected chi connectivity index (χ1v) is 7.62. The van der Waals surface area contributed by atoms with Crippen LogP contribution in [-0.2, 0) is 6.54 Å². The van der Waals surface area contributed by atoms with Gasteiger partial charge in [0.1, 0.15) is 0 Å². The van der Waals surface area contributed by atoms with E-state index >= 15 is 0 Å². The van der Waals surface area contributed by atoms with Crippen molar-refractivity contribution in [2.24, 2.45) is 0 Å². The summed E-state index contributed by atoms with van der Waals surface area (Å²) in [5, 5.41) is 10.5. The van der Waals surface area contributed by atoms with E-state index < -0.39 is 5.60 Å². The number of hydrogen-bond donors (Lipinski definition) is 1. The summed E-state index contributed by atoms with van der Waals surface area (Å²) in [4.78, 5) is 2.16. The molecule has 0 fully saturated rings. The lowest BCUT2D eigenvalue weighted by atomic mass is 10.1. The van der Waals surface area contributed by atoms with Gasteiger partial charge in [0.05, 0.1) is 24.3 Å². The number of ether oxygens (including phenoxy) is 2. The number of aliphatic hydroxyl groups is 1. The Bertz CT molecular complexity index is 458.